The van der Waals surface area contributed by atoms with Crippen LogP contribution in [-0.2, 0) is 0 Å². The lowest BCUT2D eigenvalue weighted by molar-refractivity contribution is 0.793. The van der Waals surface area contributed by atoms with Gasteiger partial charge in [0, 0.05) is 12.1 Å². The fourth-order valence-electron chi connectivity index (χ4n) is 0.613. The summed E-state index contributed by atoms with van der Waals surface area (Å²) < 4.78 is 1.23. The van der Waals surface area contributed by atoms with Gasteiger partial charge in [0.25, 0.3) is 0 Å². The molecule has 0 aromatic carbocycles. The van der Waals surface area contributed by atoms with Crippen LogP contribution in [0.3, 0.4) is 0 Å². The number of hydrogen-bond acceptors (Lipinski definition) is 1. The lowest BCUT2D eigenvalue weighted by Gasteiger charge is -2.07. The average molecular weight is 221 g/mol. The van der Waals surface area contributed by atoms with Crippen molar-refractivity contribution in [2.24, 2.45) is 10.9 Å². The second-order valence-electron chi connectivity index (χ2n) is 1.97. The van der Waals surface area contributed by atoms with Crippen LogP contribution < -0.4 is 0 Å². The quantitative estimate of drug-likeness (QED) is 0.557. The Morgan fingerprint density at radius 3 is 3.00 bits per heavy atom. The molecule has 8 heavy (non-hydrogen) atoms. The number of nitrogens with zero attached hydrogens (tertiary/aromatic N) is 1. The molecule has 0 radical (unpaired) electrons. The van der Waals surface area contributed by atoms with Gasteiger partial charge in [-0.3, -0.25) is 4.99 Å². The van der Waals surface area contributed by atoms with E-state index in [1.807, 2.05) is 6.20 Å². The Kier molecular flexibility index (Phi) is 2.05. The molecule has 1 nitrogen and oxygen atoms in total. The van der Waals surface area contributed by atoms with Gasteiger partial charge in [-0.25, -0.2) is 0 Å². The van der Waals surface area contributed by atoms with Crippen molar-refractivity contribution in [2.45, 2.75) is 13.3 Å². The summed E-state index contributed by atoms with van der Waals surface area (Å²) >= 11 is 2.28. The van der Waals surface area contributed by atoms with Crippen molar-refractivity contribution < 1.29 is 0 Å². The Morgan fingerprint density at radius 1 is 1.88 bits per heavy atom. The first-order chi connectivity index (χ1) is 3.80. The highest BCUT2D eigenvalue weighted by Crippen LogP contribution is 2.15. The van der Waals surface area contributed by atoms with Gasteiger partial charge in [0.15, 0.2) is 0 Å². The normalized spacial score (nSPS) is 27.8. The highest BCUT2D eigenvalue weighted by atomic mass is 127. The van der Waals surface area contributed by atoms with Crippen LogP contribution in [0.15, 0.2) is 17.3 Å². The summed E-state index contributed by atoms with van der Waals surface area (Å²) in [4.78, 5) is 4.13. The molecule has 0 aromatic rings. The van der Waals surface area contributed by atoms with Crippen molar-refractivity contribution in [3.8, 4) is 0 Å². The van der Waals surface area contributed by atoms with Gasteiger partial charge in [0.05, 0.1) is 3.72 Å². The van der Waals surface area contributed by atoms with Gasteiger partial charge in [-0.15, -0.1) is 0 Å². The Morgan fingerprint density at radius 2 is 2.62 bits per heavy atom. The van der Waals surface area contributed by atoms with E-state index in [1.54, 1.807) is 0 Å². The fraction of sp³-hybridized carbons (Fsp3) is 0.500. The van der Waals surface area contributed by atoms with Gasteiger partial charge in [-0.2, -0.15) is 0 Å². The minimum Gasteiger partial charge on any atom is -0.255 e. The first-order valence-electron chi connectivity index (χ1n) is 2.69. The highest BCUT2D eigenvalue weighted by Gasteiger charge is 2.06. The van der Waals surface area contributed by atoms with E-state index in [0.717, 1.165) is 6.42 Å². The molecule has 0 spiro atoms. The molecule has 0 aliphatic carbocycles. The standard InChI is InChI=1S/C6H8IN/c1-5-3-2-4-8-6(5)7/h2,4-5H,3H2,1H3. The van der Waals surface area contributed by atoms with E-state index in [-0.39, 0.29) is 0 Å². The van der Waals surface area contributed by atoms with Crippen molar-refractivity contribution in [2.75, 3.05) is 0 Å². The van der Waals surface area contributed by atoms with Crippen LogP contribution in [-0.4, -0.2) is 3.72 Å². The average Bonchev–Trinajstić information content (AvgIpc) is 1.77. The zero-order valence-corrected chi connectivity index (χ0v) is 6.92. The van der Waals surface area contributed by atoms with E-state index in [4.69, 9.17) is 0 Å². The number of halogens is 1. The first kappa shape index (κ1) is 6.26. The molecule has 1 rings (SSSR count). The van der Waals surface area contributed by atoms with Gasteiger partial charge in [-0.1, -0.05) is 13.0 Å². The van der Waals surface area contributed by atoms with Gasteiger partial charge >= 0.3 is 0 Å². The molecule has 2 heteroatoms. The van der Waals surface area contributed by atoms with E-state index >= 15 is 0 Å². The van der Waals surface area contributed by atoms with Crippen LogP contribution in [0.4, 0.5) is 0 Å². The summed E-state index contributed by atoms with van der Waals surface area (Å²) in [6.07, 6.45) is 5.14. The summed E-state index contributed by atoms with van der Waals surface area (Å²) in [5, 5.41) is 0. The van der Waals surface area contributed by atoms with E-state index in [1.165, 1.54) is 3.72 Å². The van der Waals surface area contributed by atoms with E-state index in [2.05, 4.69) is 40.6 Å². The Labute approximate surface area is 63.0 Å². The molecule has 1 unspecified atom stereocenters. The van der Waals surface area contributed by atoms with Gasteiger partial charge in [0.2, 0.25) is 0 Å². The molecule has 0 saturated carbocycles. The maximum atomic E-state index is 4.13. The molecule has 1 aliphatic heterocycles. The van der Waals surface area contributed by atoms with E-state index in [0.29, 0.717) is 5.92 Å². The molecule has 44 valence electrons. The van der Waals surface area contributed by atoms with Crippen LogP contribution in [0.1, 0.15) is 13.3 Å². The predicted octanol–water partition coefficient (Wildman–Crippen LogP) is 2.37. The Bertz CT molecular complexity index is 137. The third kappa shape index (κ3) is 1.31. The zero-order valence-electron chi connectivity index (χ0n) is 4.76. The molecule has 0 fully saturated rings. The predicted molar refractivity (Wildman–Crippen MR) is 44.4 cm³/mol. The molecule has 0 N–H and O–H groups in total. The van der Waals surface area contributed by atoms with Crippen LogP contribution in [0.25, 0.3) is 0 Å². The zero-order chi connectivity index (χ0) is 5.98. The summed E-state index contributed by atoms with van der Waals surface area (Å²) in [6.45, 7) is 2.19. The van der Waals surface area contributed by atoms with Crippen LogP contribution in [0.2, 0.25) is 0 Å². The van der Waals surface area contributed by atoms with E-state index in [9.17, 15) is 0 Å². The van der Waals surface area contributed by atoms with Crippen LogP contribution in [0.5, 0.6) is 0 Å². The fourth-order valence-corrected chi connectivity index (χ4v) is 1.03. The molecule has 0 saturated heterocycles. The number of aliphatic imine (C=N–C) groups is 1. The minimum atomic E-state index is 0.653. The maximum absolute atomic E-state index is 4.13. The first-order valence-corrected chi connectivity index (χ1v) is 3.77. The van der Waals surface area contributed by atoms with Crippen molar-refractivity contribution in [1.82, 2.24) is 0 Å². The second kappa shape index (κ2) is 2.62. The summed E-state index contributed by atoms with van der Waals surface area (Å²) in [6, 6.07) is 0. The smallest absolute Gasteiger partial charge is 0.0814 e. The SMILES string of the molecule is CC1CC=CN=C1I. The maximum Gasteiger partial charge on any atom is 0.0814 e. The summed E-state index contributed by atoms with van der Waals surface area (Å²) in [5.41, 5.74) is 0. The molecular formula is C6H8IN. The third-order valence-electron chi connectivity index (χ3n) is 1.20. The molecule has 1 heterocycles. The third-order valence-corrected chi connectivity index (χ3v) is 2.54. The van der Waals surface area contributed by atoms with Crippen LogP contribution >= 0.6 is 22.6 Å². The van der Waals surface area contributed by atoms with Gasteiger partial charge in [0.1, 0.15) is 0 Å². The molecule has 0 amide bonds. The lowest BCUT2D eigenvalue weighted by Crippen LogP contribution is -2.03. The Balaban J connectivity index is 2.66. The summed E-state index contributed by atoms with van der Waals surface area (Å²) in [5.74, 6) is 0.653. The monoisotopic (exact) mass is 221 g/mol. The van der Waals surface area contributed by atoms with Crippen LogP contribution in [0, 0.1) is 5.92 Å². The summed E-state index contributed by atoms with van der Waals surface area (Å²) in [7, 11) is 0. The second-order valence-corrected chi connectivity index (χ2v) is 3.08. The molecular weight excluding hydrogens is 213 g/mol. The van der Waals surface area contributed by atoms with Crippen molar-refractivity contribution in [3.63, 3.8) is 0 Å². The molecule has 1 atom stereocenters. The molecule has 0 aromatic heterocycles. The number of allylic oxidation sites excluding steroid dienone is 1. The van der Waals surface area contributed by atoms with Crippen molar-refractivity contribution >= 4 is 26.3 Å². The molecule has 0 bridgehead atoms. The van der Waals surface area contributed by atoms with Crippen molar-refractivity contribution in [1.29, 1.82) is 0 Å². The lowest BCUT2D eigenvalue weighted by atomic mass is 10.1. The largest absolute Gasteiger partial charge is 0.255 e. The van der Waals surface area contributed by atoms with E-state index < -0.39 is 0 Å². The number of hydrogen-bond donors (Lipinski definition) is 0. The minimum absolute atomic E-state index is 0.653. The topological polar surface area (TPSA) is 12.4 Å². The molecule has 1 aliphatic rings. The van der Waals surface area contributed by atoms with Gasteiger partial charge < -0.3 is 0 Å². The van der Waals surface area contributed by atoms with Crippen molar-refractivity contribution in [3.05, 3.63) is 12.3 Å². The van der Waals surface area contributed by atoms with Gasteiger partial charge in [-0.05, 0) is 29.0 Å². The number of rotatable bonds is 0. The highest BCUT2D eigenvalue weighted by molar-refractivity contribution is 14.1. The Hall–Kier alpha value is 0.140.